The van der Waals surface area contributed by atoms with Crippen molar-refractivity contribution in [1.29, 1.82) is 0 Å². The van der Waals surface area contributed by atoms with Crippen LogP contribution in [0.1, 0.15) is 12.5 Å². The van der Waals surface area contributed by atoms with Crippen molar-refractivity contribution < 1.29 is 4.74 Å². The molecule has 0 atom stereocenters. The van der Waals surface area contributed by atoms with Gasteiger partial charge in [0.15, 0.2) is 0 Å². The van der Waals surface area contributed by atoms with Gasteiger partial charge in [-0.05, 0) is 42.4 Å². The van der Waals surface area contributed by atoms with Gasteiger partial charge < -0.3 is 4.74 Å². The average Bonchev–Trinajstić information content (AvgIpc) is 2.54. The van der Waals surface area contributed by atoms with E-state index >= 15 is 0 Å². The molecule has 0 saturated carbocycles. The molecule has 0 aliphatic carbocycles. The van der Waals surface area contributed by atoms with Gasteiger partial charge in [0.05, 0.1) is 12.2 Å². The molecule has 2 rings (SSSR count). The second-order valence-electron chi connectivity index (χ2n) is 5.05. The molecule has 0 fully saturated rings. The highest BCUT2D eigenvalue weighted by atomic mass is 32.1. The molecule has 1 N–H and O–H groups in total. The van der Waals surface area contributed by atoms with Crippen molar-refractivity contribution in [3.8, 4) is 0 Å². The molecule has 4 heteroatoms. The number of hydrogen-bond acceptors (Lipinski definition) is 3. The molecule has 0 saturated heterocycles. The van der Waals surface area contributed by atoms with Crippen LogP contribution < -0.4 is 10.4 Å². The summed E-state index contributed by atoms with van der Waals surface area (Å²) >= 11 is 5.25. The highest BCUT2D eigenvalue weighted by Crippen LogP contribution is 2.14. The van der Waals surface area contributed by atoms with Crippen LogP contribution >= 0.6 is 12.2 Å². The number of hydrogen-bond donors (Lipinski definition) is 1. The molecule has 22 heavy (non-hydrogen) atoms. The Bertz CT molecular complexity index is 613. The molecule has 0 radical (unpaired) electrons. The Morgan fingerprint density at radius 2 is 1.68 bits per heavy atom. The number of nitrogens with zero attached hydrogens (tertiary/aromatic N) is 1. The van der Waals surface area contributed by atoms with Crippen molar-refractivity contribution in [2.45, 2.75) is 13.5 Å². The van der Waals surface area contributed by atoms with E-state index in [-0.39, 0.29) is 0 Å². The maximum Gasteiger partial charge on any atom is 0.276 e. The predicted molar refractivity (Wildman–Crippen MR) is 95.6 cm³/mol. The molecule has 0 bridgehead atoms. The van der Waals surface area contributed by atoms with Gasteiger partial charge in [-0.2, -0.15) is 0 Å². The SMILES string of the molecule is C=C(C)COC(=S)NN(Cc1ccccc1)c1ccccc1. The lowest BCUT2D eigenvalue weighted by Crippen LogP contribution is -2.42. The summed E-state index contributed by atoms with van der Waals surface area (Å²) in [6.07, 6.45) is 0. The zero-order valence-corrected chi connectivity index (χ0v) is 13.5. The number of thiocarbonyl (C=S) groups is 1. The van der Waals surface area contributed by atoms with Crippen molar-refractivity contribution >= 4 is 23.1 Å². The Morgan fingerprint density at radius 1 is 1.09 bits per heavy atom. The lowest BCUT2D eigenvalue weighted by molar-refractivity contribution is 0.330. The topological polar surface area (TPSA) is 24.5 Å². The molecule has 0 amide bonds. The predicted octanol–water partition coefficient (Wildman–Crippen LogP) is 4.08. The summed E-state index contributed by atoms with van der Waals surface area (Å²) < 4.78 is 5.47. The van der Waals surface area contributed by atoms with Crippen molar-refractivity contribution in [2.24, 2.45) is 0 Å². The summed E-state index contributed by atoms with van der Waals surface area (Å²) in [6.45, 7) is 6.81. The summed E-state index contributed by atoms with van der Waals surface area (Å²) in [4.78, 5) is 0. The fourth-order valence-corrected chi connectivity index (χ4v) is 2.07. The molecule has 2 aromatic carbocycles. The summed E-state index contributed by atoms with van der Waals surface area (Å²) in [6, 6.07) is 20.2. The number of para-hydroxylation sites is 1. The number of anilines is 1. The van der Waals surface area contributed by atoms with Crippen molar-refractivity contribution in [3.63, 3.8) is 0 Å². The van der Waals surface area contributed by atoms with Gasteiger partial charge in [0.1, 0.15) is 6.61 Å². The highest BCUT2D eigenvalue weighted by molar-refractivity contribution is 7.80. The molecule has 0 spiro atoms. The maximum atomic E-state index is 5.47. The van der Waals surface area contributed by atoms with E-state index in [1.807, 2.05) is 60.5 Å². The summed E-state index contributed by atoms with van der Waals surface area (Å²) in [5, 5.41) is 2.30. The molecule has 114 valence electrons. The van der Waals surface area contributed by atoms with Crippen LogP contribution in [0.4, 0.5) is 5.69 Å². The van der Waals surface area contributed by atoms with Crippen LogP contribution in [0.15, 0.2) is 72.8 Å². The van der Waals surface area contributed by atoms with Crippen LogP contribution in [0.2, 0.25) is 0 Å². The van der Waals surface area contributed by atoms with Gasteiger partial charge in [-0.3, -0.25) is 10.4 Å². The van der Waals surface area contributed by atoms with E-state index in [0.717, 1.165) is 11.3 Å². The van der Waals surface area contributed by atoms with Gasteiger partial charge in [0.25, 0.3) is 5.17 Å². The third-order valence-electron chi connectivity index (χ3n) is 2.93. The third kappa shape index (κ3) is 5.22. The van der Waals surface area contributed by atoms with Crippen molar-refractivity contribution in [1.82, 2.24) is 5.43 Å². The van der Waals surface area contributed by atoms with Gasteiger partial charge in [0, 0.05) is 0 Å². The molecule has 2 aromatic rings. The Morgan fingerprint density at radius 3 is 2.27 bits per heavy atom. The van der Waals surface area contributed by atoms with E-state index in [1.165, 1.54) is 5.56 Å². The minimum Gasteiger partial charge on any atom is -0.465 e. The zero-order chi connectivity index (χ0) is 15.8. The second kappa shape index (κ2) is 8.20. The van der Waals surface area contributed by atoms with E-state index in [0.29, 0.717) is 18.3 Å². The number of ether oxygens (including phenoxy) is 1. The first-order valence-corrected chi connectivity index (χ1v) is 7.50. The normalized spacial score (nSPS) is 9.86. The Kier molecular flexibility index (Phi) is 5.98. The molecular formula is C18H20N2OS. The van der Waals surface area contributed by atoms with Crippen LogP contribution in [-0.4, -0.2) is 11.8 Å². The van der Waals surface area contributed by atoms with Gasteiger partial charge in [-0.25, -0.2) is 0 Å². The first-order chi connectivity index (χ1) is 10.6. The highest BCUT2D eigenvalue weighted by Gasteiger charge is 2.09. The minimum absolute atomic E-state index is 0.336. The number of benzene rings is 2. The Balaban J connectivity index is 2.08. The van der Waals surface area contributed by atoms with E-state index in [2.05, 4.69) is 24.1 Å². The van der Waals surface area contributed by atoms with Gasteiger partial charge in [-0.15, -0.1) is 0 Å². The van der Waals surface area contributed by atoms with E-state index in [4.69, 9.17) is 17.0 Å². The summed E-state index contributed by atoms with van der Waals surface area (Å²) in [5.74, 6) is 0. The Hall–Kier alpha value is -2.33. The monoisotopic (exact) mass is 312 g/mol. The largest absolute Gasteiger partial charge is 0.465 e. The van der Waals surface area contributed by atoms with Crippen LogP contribution in [0.5, 0.6) is 0 Å². The van der Waals surface area contributed by atoms with Gasteiger partial charge in [-0.1, -0.05) is 55.1 Å². The fraction of sp³-hybridized carbons (Fsp3) is 0.167. The molecule has 3 nitrogen and oxygen atoms in total. The number of rotatable bonds is 6. The first-order valence-electron chi connectivity index (χ1n) is 7.09. The standard InChI is InChI=1S/C18H20N2OS/c1-15(2)14-21-18(22)19-20(17-11-7-4-8-12-17)13-16-9-5-3-6-10-16/h3-12H,1,13-14H2,2H3,(H,19,22). The summed E-state index contributed by atoms with van der Waals surface area (Å²) in [5.41, 5.74) is 6.27. The Labute approximate surface area is 137 Å². The van der Waals surface area contributed by atoms with Crippen LogP contribution in [0.25, 0.3) is 0 Å². The minimum atomic E-state index is 0.336. The zero-order valence-electron chi connectivity index (χ0n) is 12.7. The van der Waals surface area contributed by atoms with E-state index in [1.54, 1.807) is 0 Å². The third-order valence-corrected chi connectivity index (χ3v) is 3.14. The van der Waals surface area contributed by atoms with E-state index < -0.39 is 0 Å². The molecule has 0 unspecified atom stereocenters. The van der Waals surface area contributed by atoms with Crippen LogP contribution in [-0.2, 0) is 11.3 Å². The van der Waals surface area contributed by atoms with Crippen molar-refractivity contribution in [3.05, 3.63) is 78.4 Å². The number of hydrazine groups is 1. The summed E-state index contributed by atoms with van der Waals surface area (Å²) in [7, 11) is 0. The van der Waals surface area contributed by atoms with Gasteiger partial charge in [0.2, 0.25) is 0 Å². The van der Waals surface area contributed by atoms with E-state index in [9.17, 15) is 0 Å². The molecular weight excluding hydrogens is 292 g/mol. The van der Waals surface area contributed by atoms with Gasteiger partial charge >= 0.3 is 0 Å². The lowest BCUT2D eigenvalue weighted by atomic mass is 10.2. The molecule has 0 heterocycles. The average molecular weight is 312 g/mol. The fourth-order valence-electron chi connectivity index (χ4n) is 1.90. The van der Waals surface area contributed by atoms with Crippen molar-refractivity contribution in [2.75, 3.05) is 11.6 Å². The molecule has 0 aliphatic rings. The lowest BCUT2D eigenvalue weighted by Gasteiger charge is -2.26. The second-order valence-corrected chi connectivity index (χ2v) is 5.42. The number of nitrogens with one attached hydrogen (secondary N) is 1. The molecule has 0 aromatic heterocycles. The first kappa shape index (κ1) is 16.0. The maximum absolute atomic E-state index is 5.47. The molecule has 0 aliphatic heterocycles. The quantitative estimate of drug-likeness (QED) is 0.493. The van der Waals surface area contributed by atoms with Crippen LogP contribution in [0, 0.1) is 0 Å². The smallest absolute Gasteiger partial charge is 0.276 e. The van der Waals surface area contributed by atoms with Crippen LogP contribution in [0.3, 0.4) is 0 Å².